The number of nitrogens with zero attached hydrogens (tertiary/aromatic N) is 2. The Labute approximate surface area is 158 Å². The number of halogens is 1. The fourth-order valence-corrected chi connectivity index (χ4v) is 4.79. The van der Waals surface area contributed by atoms with Gasteiger partial charge < -0.3 is 10.2 Å². The van der Waals surface area contributed by atoms with Crippen LogP contribution in [0.25, 0.3) is 0 Å². The van der Waals surface area contributed by atoms with Crippen molar-refractivity contribution in [3.05, 3.63) is 60.2 Å². The maximum atomic E-state index is 13.2. The van der Waals surface area contributed by atoms with Gasteiger partial charge in [-0.2, -0.15) is 0 Å². The Hall–Kier alpha value is -2.48. The van der Waals surface area contributed by atoms with Crippen molar-refractivity contribution in [1.29, 1.82) is 0 Å². The molecule has 1 aromatic heterocycles. The third-order valence-electron chi connectivity index (χ3n) is 4.65. The third-order valence-corrected chi connectivity index (χ3v) is 6.77. The first-order valence-electron chi connectivity index (χ1n) is 8.90. The molecule has 1 aliphatic heterocycles. The van der Waals surface area contributed by atoms with Crippen molar-refractivity contribution >= 4 is 15.9 Å². The van der Waals surface area contributed by atoms with Crippen molar-refractivity contribution in [1.82, 2.24) is 15.2 Å². The number of sulfone groups is 1. The van der Waals surface area contributed by atoms with Gasteiger partial charge in [0.2, 0.25) is 0 Å². The summed E-state index contributed by atoms with van der Waals surface area (Å²) in [4.78, 5) is 18.1. The standard InChI is InChI=1S/C19H22FN3O3S/c20-16-6-8-17(9-7-16)27(25,26)18(15-5-4-10-21-13-15)14-22-19(24)23-11-2-1-3-12-23/h4-10,13,18H,1-3,11-12,14H2,(H,22,24)/t18-/m0/s1. The number of carbonyl (C=O) groups is 1. The van der Waals surface area contributed by atoms with Crippen LogP contribution in [0, 0.1) is 5.82 Å². The van der Waals surface area contributed by atoms with Crippen LogP contribution in [-0.4, -0.2) is 44.0 Å². The van der Waals surface area contributed by atoms with Crippen molar-refractivity contribution < 1.29 is 17.6 Å². The van der Waals surface area contributed by atoms with E-state index in [0.29, 0.717) is 18.7 Å². The molecule has 2 aromatic rings. The van der Waals surface area contributed by atoms with E-state index in [0.717, 1.165) is 31.4 Å². The van der Waals surface area contributed by atoms with Gasteiger partial charge in [0.25, 0.3) is 0 Å². The number of pyridine rings is 1. The van der Waals surface area contributed by atoms with Crippen LogP contribution >= 0.6 is 0 Å². The van der Waals surface area contributed by atoms with E-state index in [1.54, 1.807) is 23.2 Å². The molecule has 6 nitrogen and oxygen atoms in total. The minimum absolute atomic E-state index is 0.00461. The lowest BCUT2D eigenvalue weighted by Crippen LogP contribution is -2.44. The monoisotopic (exact) mass is 391 g/mol. The van der Waals surface area contributed by atoms with Crippen molar-refractivity contribution in [3.8, 4) is 0 Å². The molecular formula is C19H22FN3O3S. The molecule has 3 rings (SSSR count). The number of likely N-dealkylation sites (tertiary alicyclic amines) is 1. The molecule has 144 valence electrons. The molecule has 0 unspecified atom stereocenters. The first-order valence-corrected chi connectivity index (χ1v) is 10.5. The summed E-state index contributed by atoms with van der Waals surface area (Å²) >= 11 is 0. The molecule has 0 bridgehead atoms. The lowest BCUT2D eigenvalue weighted by Gasteiger charge is -2.28. The molecule has 27 heavy (non-hydrogen) atoms. The van der Waals surface area contributed by atoms with Crippen LogP contribution < -0.4 is 5.32 Å². The average Bonchev–Trinajstić information content (AvgIpc) is 2.69. The van der Waals surface area contributed by atoms with Crippen LogP contribution in [0.5, 0.6) is 0 Å². The van der Waals surface area contributed by atoms with Crippen LogP contribution in [-0.2, 0) is 9.84 Å². The summed E-state index contributed by atoms with van der Waals surface area (Å²) in [5, 5.41) is 1.74. The van der Waals surface area contributed by atoms with E-state index in [1.807, 2.05) is 0 Å². The van der Waals surface area contributed by atoms with Crippen LogP contribution in [0.4, 0.5) is 9.18 Å². The van der Waals surface area contributed by atoms with Gasteiger partial charge in [-0.15, -0.1) is 0 Å². The second-order valence-electron chi connectivity index (χ2n) is 6.51. The number of rotatable bonds is 5. The molecule has 8 heteroatoms. The Morgan fingerprint density at radius 2 is 1.85 bits per heavy atom. The Bertz CT molecular complexity index is 867. The zero-order valence-electron chi connectivity index (χ0n) is 14.8. The molecule has 0 aliphatic carbocycles. The van der Waals surface area contributed by atoms with Gasteiger partial charge in [0, 0.05) is 32.0 Å². The summed E-state index contributed by atoms with van der Waals surface area (Å²) in [6.45, 7) is 1.27. The summed E-state index contributed by atoms with van der Waals surface area (Å²) in [7, 11) is -3.84. The highest BCUT2D eigenvalue weighted by Crippen LogP contribution is 2.28. The average molecular weight is 391 g/mol. The number of benzene rings is 1. The summed E-state index contributed by atoms with van der Waals surface area (Å²) in [6, 6.07) is 7.73. The Balaban J connectivity index is 1.83. The number of carbonyl (C=O) groups excluding carboxylic acids is 1. The normalized spacial score (nSPS) is 16.0. The van der Waals surface area contributed by atoms with E-state index < -0.39 is 20.9 Å². The summed E-state index contributed by atoms with van der Waals surface area (Å²) in [5.74, 6) is -0.509. The van der Waals surface area contributed by atoms with Gasteiger partial charge in [-0.25, -0.2) is 17.6 Å². The van der Waals surface area contributed by atoms with Crippen LogP contribution in [0.15, 0.2) is 53.7 Å². The number of nitrogens with one attached hydrogen (secondary N) is 1. The highest BCUT2D eigenvalue weighted by Gasteiger charge is 2.30. The largest absolute Gasteiger partial charge is 0.336 e. The van der Waals surface area contributed by atoms with Crippen LogP contribution in [0.3, 0.4) is 0 Å². The molecule has 1 N–H and O–H groups in total. The van der Waals surface area contributed by atoms with Crippen molar-refractivity contribution in [2.75, 3.05) is 19.6 Å². The summed E-state index contributed by atoms with van der Waals surface area (Å²) < 4.78 is 39.4. The lowest BCUT2D eigenvalue weighted by atomic mass is 10.1. The second kappa shape index (κ2) is 8.47. The first kappa shape index (κ1) is 19.3. The minimum Gasteiger partial charge on any atom is -0.336 e. The van der Waals surface area contributed by atoms with Crippen LogP contribution in [0.1, 0.15) is 30.1 Å². The number of hydrogen-bond acceptors (Lipinski definition) is 4. The molecule has 2 heterocycles. The first-order chi connectivity index (χ1) is 13.0. The number of hydrogen-bond donors (Lipinski definition) is 1. The number of amides is 2. The van der Waals surface area contributed by atoms with Gasteiger partial charge in [0.15, 0.2) is 9.84 Å². The van der Waals surface area contributed by atoms with E-state index in [2.05, 4.69) is 10.3 Å². The lowest BCUT2D eigenvalue weighted by molar-refractivity contribution is 0.186. The number of urea groups is 1. The molecule has 1 aromatic carbocycles. The highest BCUT2D eigenvalue weighted by molar-refractivity contribution is 7.91. The molecule has 1 atom stereocenters. The third kappa shape index (κ3) is 4.63. The number of piperidine rings is 1. The maximum Gasteiger partial charge on any atom is 0.317 e. The van der Waals surface area contributed by atoms with E-state index in [1.165, 1.54) is 18.3 Å². The topological polar surface area (TPSA) is 79.4 Å². The zero-order chi connectivity index (χ0) is 19.3. The SMILES string of the molecule is O=C(NC[C@@H](c1cccnc1)S(=O)(=O)c1ccc(F)cc1)N1CCCCC1. The predicted molar refractivity (Wildman–Crippen MR) is 99.4 cm³/mol. The van der Waals surface area contributed by atoms with Crippen LogP contribution in [0.2, 0.25) is 0 Å². The molecule has 1 aliphatic rings. The van der Waals surface area contributed by atoms with E-state index in [4.69, 9.17) is 0 Å². The fraction of sp³-hybridized carbons (Fsp3) is 0.368. The molecule has 2 amide bonds. The summed E-state index contributed by atoms with van der Waals surface area (Å²) in [6.07, 6.45) is 6.03. The van der Waals surface area contributed by atoms with E-state index in [-0.39, 0.29) is 17.5 Å². The fourth-order valence-electron chi connectivity index (χ4n) is 3.15. The second-order valence-corrected chi connectivity index (χ2v) is 8.64. The quantitative estimate of drug-likeness (QED) is 0.795. The molecular weight excluding hydrogens is 369 g/mol. The molecule has 0 spiro atoms. The van der Waals surface area contributed by atoms with Crippen molar-refractivity contribution in [3.63, 3.8) is 0 Å². The summed E-state index contributed by atoms with van der Waals surface area (Å²) in [5.41, 5.74) is 0.473. The van der Waals surface area contributed by atoms with E-state index in [9.17, 15) is 17.6 Å². The van der Waals surface area contributed by atoms with Crippen molar-refractivity contribution in [2.24, 2.45) is 0 Å². The zero-order valence-corrected chi connectivity index (χ0v) is 15.7. The minimum atomic E-state index is -3.84. The van der Waals surface area contributed by atoms with Crippen molar-refractivity contribution in [2.45, 2.75) is 29.4 Å². The van der Waals surface area contributed by atoms with Gasteiger partial charge in [-0.1, -0.05) is 6.07 Å². The molecule has 0 radical (unpaired) electrons. The Morgan fingerprint density at radius 1 is 1.15 bits per heavy atom. The predicted octanol–water partition coefficient (Wildman–Crippen LogP) is 2.93. The Morgan fingerprint density at radius 3 is 2.48 bits per heavy atom. The molecule has 0 saturated carbocycles. The maximum absolute atomic E-state index is 13.2. The van der Waals surface area contributed by atoms with Gasteiger partial charge >= 0.3 is 6.03 Å². The van der Waals surface area contributed by atoms with E-state index >= 15 is 0 Å². The molecule has 1 saturated heterocycles. The Kier molecular flexibility index (Phi) is 6.05. The number of aromatic nitrogens is 1. The smallest absolute Gasteiger partial charge is 0.317 e. The molecule has 1 fully saturated rings. The highest BCUT2D eigenvalue weighted by atomic mass is 32.2. The van der Waals surface area contributed by atoms with Gasteiger partial charge in [-0.3, -0.25) is 4.98 Å². The van der Waals surface area contributed by atoms with Gasteiger partial charge in [0.1, 0.15) is 11.1 Å². The van der Waals surface area contributed by atoms with Gasteiger partial charge in [0.05, 0.1) is 4.90 Å². The van der Waals surface area contributed by atoms with Gasteiger partial charge in [-0.05, 0) is 55.2 Å².